The van der Waals surface area contributed by atoms with E-state index in [0.29, 0.717) is 28.6 Å². The van der Waals surface area contributed by atoms with Crippen LogP contribution in [0.3, 0.4) is 0 Å². The van der Waals surface area contributed by atoms with Gasteiger partial charge in [-0.05, 0) is 37.1 Å². The van der Waals surface area contributed by atoms with Gasteiger partial charge in [-0.2, -0.15) is 0 Å². The largest absolute Gasteiger partial charge is 0.440 e. The van der Waals surface area contributed by atoms with Gasteiger partial charge in [0.15, 0.2) is 11.5 Å². The molecule has 4 rings (SSSR count). The van der Waals surface area contributed by atoms with Crippen LogP contribution in [0, 0.1) is 0 Å². The normalized spacial score (nSPS) is 14.5. The number of fused-ring (bicyclic) bond motifs is 1. The van der Waals surface area contributed by atoms with Crippen LogP contribution < -0.4 is 10.0 Å². The maximum absolute atomic E-state index is 12.6. The fraction of sp³-hybridized carbons (Fsp3) is 0.294. The lowest BCUT2D eigenvalue weighted by atomic mass is 10.3. The van der Waals surface area contributed by atoms with Crippen LogP contribution in [0.5, 0.6) is 0 Å². The molecule has 1 saturated carbocycles. The van der Waals surface area contributed by atoms with Gasteiger partial charge < -0.3 is 14.3 Å². The number of hydrogen-bond donors (Lipinski definition) is 2. The van der Waals surface area contributed by atoms with Gasteiger partial charge >= 0.3 is 0 Å². The highest BCUT2D eigenvalue weighted by atomic mass is 32.2. The molecule has 1 aliphatic carbocycles. The van der Waals surface area contributed by atoms with Crippen molar-refractivity contribution in [3.8, 4) is 0 Å². The summed E-state index contributed by atoms with van der Waals surface area (Å²) in [5.41, 5.74) is 1.90. The molecule has 0 spiro atoms. The zero-order chi connectivity index (χ0) is 18.5. The minimum atomic E-state index is -3.83. The molecule has 136 valence electrons. The molecule has 0 saturated heterocycles. The van der Waals surface area contributed by atoms with E-state index in [2.05, 4.69) is 15.0 Å². The van der Waals surface area contributed by atoms with Gasteiger partial charge in [-0.3, -0.25) is 9.52 Å². The highest BCUT2D eigenvalue weighted by molar-refractivity contribution is 7.92. The monoisotopic (exact) mass is 374 g/mol. The van der Waals surface area contributed by atoms with Gasteiger partial charge in [0.2, 0.25) is 0 Å². The second kappa shape index (κ2) is 5.87. The first kappa shape index (κ1) is 16.6. The van der Waals surface area contributed by atoms with E-state index in [1.54, 1.807) is 25.2 Å². The quantitative estimate of drug-likeness (QED) is 0.712. The summed E-state index contributed by atoms with van der Waals surface area (Å²) >= 11 is 0. The summed E-state index contributed by atoms with van der Waals surface area (Å²) < 4.78 is 35.0. The molecule has 9 heteroatoms. The Morgan fingerprint density at radius 2 is 2.08 bits per heavy atom. The minimum absolute atomic E-state index is 0.0116. The van der Waals surface area contributed by atoms with Crippen LogP contribution in [-0.2, 0) is 17.1 Å². The van der Waals surface area contributed by atoms with E-state index in [-0.39, 0.29) is 16.5 Å². The van der Waals surface area contributed by atoms with Crippen molar-refractivity contribution in [1.29, 1.82) is 0 Å². The summed E-state index contributed by atoms with van der Waals surface area (Å²) in [4.78, 5) is 16.2. The van der Waals surface area contributed by atoms with Crippen LogP contribution >= 0.6 is 0 Å². The molecular weight excluding hydrogens is 356 g/mol. The summed E-state index contributed by atoms with van der Waals surface area (Å²) in [6, 6.07) is 6.31. The van der Waals surface area contributed by atoms with Crippen LogP contribution in [-0.4, -0.2) is 30.9 Å². The highest BCUT2D eigenvalue weighted by Crippen LogP contribution is 2.40. The van der Waals surface area contributed by atoms with Gasteiger partial charge in [-0.1, -0.05) is 0 Å². The number of aryl methyl sites for hydroxylation is 1. The number of nitrogens with zero attached hydrogens (tertiary/aromatic N) is 2. The molecule has 3 aromatic rings. The van der Waals surface area contributed by atoms with Crippen molar-refractivity contribution in [2.45, 2.75) is 23.7 Å². The molecule has 26 heavy (non-hydrogen) atoms. The number of hydrogen-bond acceptors (Lipinski definition) is 5. The molecule has 0 aliphatic heterocycles. The van der Waals surface area contributed by atoms with Crippen molar-refractivity contribution >= 4 is 32.7 Å². The first-order valence-electron chi connectivity index (χ1n) is 8.19. The summed E-state index contributed by atoms with van der Waals surface area (Å²) in [6.45, 7) is 0. The topological polar surface area (TPSA) is 106 Å². The van der Waals surface area contributed by atoms with Crippen molar-refractivity contribution in [1.82, 2.24) is 14.9 Å². The van der Waals surface area contributed by atoms with Gasteiger partial charge in [0, 0.05) is 26.2 Å². The van der Waals surface area contributed by atoms with Crippen LogP contribution in [0.15, 0.2) is 39.8 Å². The summed E-state index contributed by atoms with van der Waals surface area (Å²) in [5, 5.41) is 2.48. The fourth-order valence-corrected chi connectivity index (χ4v) is 3.88. The molecule has 0 radical (unpaired) electrons. The van der Waals surface area contributed by atoms with Crippen LogP contribution in [0.4, 0.5) is 5.69 Å². The van der Waals surface area contributed by atoms with Crippen LogP contribution in [0.1, 0.15) is 35.1 Å². The maximum atomic E-state index is 12.6. The minimum Gasteiger partial charge on any atom is -0.440 e. The number of anilines is 1. The van der Waals surface area contributed by atoms with E-state index in [0.717, 1.165) is 12.8 Å². The second-order valence-corrected chi connectivity index (χ2v) is 8.05. The molecule has 2 aromatic heterocycles. The van der Waals surface area contributed by atoms with Gasteiger partial charge in [0.05, 0.1) is 5.69 Å². The van der Waals surface area contributed by atoms with Gasteiger partial charge in [0.1, 0.15) is 16.1 Å². The van der Waals surface area contributed by atoms with Crippen molar-refractivity contribution in [3.63, 3.8) is 0 Å². The lowest BCUT2D eigenvalue weighted by Crippen LogP contribution is -2.20. The standard InChI is InChI=1S/C17H18N4O4S/c1-18-16(22)14-8-12(9-21(14)2)26(23,24)20-11-5-6-15-13(7-11)19-17(25-15)10-3-4-10/h5-10,20H,3-4H2,1-2H3,(H,18,22). The smallest absolute Gasteiger partial charge is 0.267 e. The fourth-order valence-electron chi connectivity index (χ4n) is 2.76. The molecule has 1 fully saturated rings. The first-order valence-corrected chi connectivity index (χ1v) is 9.67. The van der Waals surface area contributed by atoms with Crippen molar-refractivity contribution in [2.75, 3.05) is 11.8 Å². The number of carbonyl (C=O) groups is 1. The van der Waals surface area contributed by atoms with Crippen molar-refractivity contribution < 1.29 is 17.6 Å². The van der Waals surface area contributed by atoms with Gasteiger partial charge in [-0.25, -0.2) is 13.4 Å². The molecule has 2 N–H and O–H groups in total. The Bertz CT molecular complexity index is 1110. The Hall–Kier alpha value is -2.81. The summed E-state index contributed by atoms with van der Waals surface area (Å²) in [7, 11) is -0.725. The lowest BCUT2D eigenvalue weighted by Gasteiger charge is -2.05. The number of aromatic nitrogens is 2. The Kier molecular flexibility index (Phi) is 3.76. The van der Waals surface area contributed by atoms with Crippen LogP contribution in [0.25, 0.3) is 11.1 Å². The number of benzene rings is 1. The predicted octanol–water partition coefficient (Wildman–Crippen LogP) is 2.20. The zero-order valence-electron chi connectivity index (χ0n) is 14.3. The average molecular weight is 374 g/mol. The number of sulfonamides is 1. The molecule has 8 nitrogen and oxygen atoms in total. The lowest BCUT2D eigenvalue weighted by molar-refractivity contribution is 0.0955. The second-order valence-electron chi connectivity index (χ2n) is 6.37. The number of amides is 1. The van der Waals surface area contributed by atoms with Crippen LogP contribution in [0.2, 0.25) is 0 Å². The number of oxazole rings is 1. The third kappa shape index (κ3) is 2.94. The van der Waals surface area contributed by atoms with E-state index in [4.69, 9.17) is 4.42 Å². The van der Waals surface area contributed by atoms with E-state index in [1.165, 1.54) is 23.9 Å². The molecular formula is C17H18N4O4S. The van der Waals surface area contributed by atoms with Gasteiger partial charge in [0.25, 0.3) is 15.9 Å². The number of carbonyl (C=O) groups excluding carboxylic acids is 1. The molecule has 2 heterocycles. The van der Waals surface area contributed by atoms with E-state index >= 15 is 0 Å². The van der Waals surface area contributed by atoms with Crippen molar-refractivity contribution in [3.05, 3.63) is 42.0 Å². The first-order chi connectivity index (χ1) is 12.4. The molecule has 1 aromatic carbocycles. The molecule has 0 atom stereocenters. The predicted molar refractivity (Wildman–Crippen MR) is 95.6 cm³/mol. The Morgan fingerprint density at radius 1 is 1.31 bits per heavy atom. The molecule has 0 unspecified atom stereocenters. The molecule has 1 amide bonds. The average Bonchev–Trinajstić information content (AvgIpc) is 3.24. The highest BCUT2D eigenvalue weighted by Gasteiger charge is 2.29. The van der Waals surface area contributed by atoms with Crippen molar-refractivity contribution in [2.24, 2.45) is 7.05 Å². The van der Waals surface area contributed by atoms with E-state index in [1.807, 2.05) is 0 Å². The third-order valence-electron chi connectivity index (χ3n) is 4.33. The third-order valence-corrected chi connectivity index (χ3v) is 5.68. The Labute approximate surface area is 150 Å². The maximum Gasteiger partial charge on any atom is 0.267 e. The number of nitrogens with one attached hydrogen (secondary N) is 2. The van der Waals surface area contributed by atoms with Gasteiger partial charge in [-0.15, -0.1) is 0 Å². The SMILES string of the molecule is CNC(=O)c1cc(S(=O)(=O)Nc2ccc3oc(C4CC4)nc3c2)cn1C. The zero-order valence-corrected chi connectivity index (χ0v) is 15.1. The van der Waals surface area contributed by atoms with E-state index in [9.17, 15) is 13.2 Å². The number of rotatable bonds is 5. The van der Waals surface area contributed by atoms with E-state index < -0.39 is 10.0 Å². The summed E-state index contributed by atoms with van der Waals surface area (Å²) in [6.07, 6.45) is 3.55. The Balaban J connectivity index is 1.63. The molecule has 0 bridgehead atoms. The summed E-state index contributed by atoms with van der Waals surface area (Å²) in [5.74, 6) is 0.735. The molecule has 1 aliphatic rings. The Morgan fingerprint density at radius 3 is 2.77 bits per heavy atom.